The molecule has 0 aromatic heterocycles. The van der Waals surface area contributed by atoms with Gasteiger partial charge in [-0.15, -0.1) is 0 Å². The minimum Gasteiger partial charge on any atom is -0.388 e. The molecule has 0 bridgehead atoms. The van der Waals surface area contributed by atoms with Crippen molar-refractivity contribution in [1.29, 1.82) is 5.41 Å². The van der Waals surface area contributed by atoms with Crippen molar-refractivity contribution < 1.29 is 0 Å². The van der Waals surface area contributed by atoms with Gasteiger partial charge >= 0.3 is 0 Å². The van der Waals surface area contributed by atoms with Crippen LogP contribution in [0.3, 0.4) is 0 Å². The molecule has 0 amide bonds. The van der Waals surface area contributed by atoms with Crippen LogP contribution in [0, 0.1) is 5.41 Å². The number of nitrogens with one attached hydrogen (secondary N) is 1. The van der Waals surface area contributed by atoms with E-state index >= 15 is 0 Å². The topological polar surface area (TPSA) is 49.9 Å². The average Bonchev–Trinajstić information content (AvgIpc) is 1.97. The summed E-state index contributed by atoms with van der Waals surface area (Å²) in [5, 5.41) is 7.75. The van der Waals surface area contributed by atoms with Gasteiger partial charge in [0.2, 0.25) is 0 Å². The largest absolute Gasteiger partial charge is 0.388 e. The summed E-state index contributed by atoms with van der Waals surface area (Å²) in [6, 6.07) is 0. The van der Waals surface area contributed by atoms with Crippen molar-refractivity contribution in [2.75, 3.05) is 5.75 Å². The lowest BCUT2D eigenvalue weighted by atomic mass is 10.3. The van der Waals surface area contributed by atoms with Crippen molar-refractivity contribution in [1.82, 2.24) is 0 Å². The molecule has 0 heterocycles. The van der Waals surface area contributed by atoms with Gasteiger partial charge in [0.05, 0.1) is 5.84 Å². The van der Waals surface area contributed by atoms with Crippen LogP contribution in [0.15, 0.2) is 0 Å². The first-order chi connectivity index (χ1) is 5.16. The third kappa shape index (κ3) is 7.72. The van der Waals surface area contributed by atoms with E-state index in [1.807, 2.05) is 11.8 Å². The zero-order valence-electron chi connectivity index (χ0n) is 7.39. The van der Waals surface area contributed by atoms with E-state index in [-0.39, 0.29) is 0 Å². The fourth-order valence-electron chi connectivity index (χ4n) is 0.665. The first-order valence-corrected chi connectivity index (χ1v) is 5.16. The van der Waals surface area contributed by atoms with Gasteiger partial charge in [0.25, 0.3) is 0 Å². The zero-order valence-corrected chi connectivity index (χ0v) is 8.21. The Balaban J connectivity index is 3.08. The Hall–Kier alpha value is -0.180. The second-order valence-electron chi connectivity index (χ2n) is 2.72. The maximum Gasteiger partial charge on any atom is 0.0905 e. The normalized spacial score (nSPS) is 12.9. The van der Waals surface area contributed by atoms with Gasteiger partial charge in [0.1, 0.15) is 0 Å². The summed E-state index contributed by atoms with van der Waals surface area (Å²) in [6.45, 7) is 4.43. The molecule has 0 spiro atoms. The molecule has 11 heavy (non-hydrogen) atoms. The van der Waals surface area contributed by atoms with E-state index in [0.717, 1.165) is 23.8 Å². The minimum absolute atomic E-state index is 0.315. The number of nitrogens with two attached hydrogens (primary N) is 1. The highest BCUT2D eigenvalue weighted by atomic mass is 32.2. The quantitative estimate of drug-likeness (QED) is 0.368. The van der Waals surface area contributed by atoms with E-state index in [1.165, 1.54) is 6.42 Å². The first kappa shape index (κ1) is 10.8. The lowest BCUT2D eigenvalue weighted by molar-refractivity contribution is 0.897. The van der Waals surface area contributed by atoms with Crippen LogP contribution in [0.1, 0.15) is 33.1 Å². The Kier molecular flexibility index (Phi) is 6.42. The Labute approximate surface area is 73.4 Å². The molecular weight excluding hydrogens is 156 g/mol. The van der Waals surface area contributed by atoms with Gasteiger partial charge in [0, 0.05) is 11.7 Å². The van der Waals surface area contributed by atoms with Gasteiger partial charge in [-0.1, -0.05) is 13.8 Å². The van der Waals surface area contributed by atoms with Crippen molar-refractivity contribution in [2.45, 2.75) is 38.4 Å². The van der Waals surface area contributed by atoms with Crippen molar-refractivity contribution in [3.05, 3.63) is 0 Å². The first-order valence-electron chi connectivity index (χ1n) is 4.11. The molecule has 0 aromatic rings. The highest BCUT2D eigenvalue weighted by molar-refractivity contribution is 7.99. The third-order valence-electron chi connectivity index (χ3n) is 1.57. The maximum absolute atomic E-state index is 6.99. The Morgan fingerprint density at radius 3 is 2.73 bits per heavy atom. The Morgan fingerprint density at radius 2 is 2.27 bits per heavy atom. The SMILES string of the molecule is CCC(C)SCCCC(=N)N. The van der Waals surface area contributed by atoms with Crippen LogP contribution >= 0.6 is 11.8 Å². The second-order valence-corrected chi connectivity index (χ2v) is 4.26. The molecule has 3 N–H and O–H groups in total. The molecule has 1 atom stereocenters. The van der Waals surface area contributed by atoms with Gasteiger partial charge in [-0.3, -0.25) is 5.41 Å². The fraction of sp³-hybridized carbons (Fsp3) is 0.875. The smallest absolute Gasteiger partial charge is 0.0905 e. The predicted octanol–water partition coefficient (Wildman–Crippen LogP) is 2.23. The van der Waals surface area contributed by atoms with E-state index in [1.54, 1.807) is 0 Å². The van der Waals surface area contributed by atoms with E-state index in [2.05, 4.69) is 13.8 Å². The molecule has 0 rings (SSSR count). The number of rotatable bonds is 6. The van der Waals surface area contributed by atoms with Gasteiger partial charge < -0.3 is 5.73 Å². The highest BCUT2D eigenvalue weighted by Gasteiger charge is 1.98. The summed E-state index contributed by atoms with van der Waals surface area (Å²) in [7, 11) is 0. The minimum atomic E-state index is 0.315. The maximum atomic E-state index is 6.99. The molecule has 0 aliphatic rings. The molecule has 1 unspecified atom stereocenters. The molecule has 66 valence electrons. The van der Waals surface area contributed by atoms with Crippen molar-refractivity contribution in [3.8, 4) is 0 Å². The molecule has 0 aliphatic carbocycles. The molecule has 0 saturated carbocycles. The summed E-state index contributed by atoms with van der Waals surface area (Å²) in [6.07, 6.45) is 3.03. The highest BCUT2D eigenvalue weighted by Crippen LogP contribution is 2.14. The molecule has 2 nitrogen and oxygen atoms in total. The summed E-state index contributed by atoms with van der Waals surface area (Å²) >= 11 is 1.97. The van der Waals surface area contributed by atoms with Crippen molar-refractivity contribution in [3.63, 3.8) is 0 Å². The van der Waals surface area contributed by atoms with Gasteiger partial charge in [-0.2, -0.15) is 11.8 Å². The second kappa shape index (κ2) is 6.53. The molecule has 3 heteroatoms. The summed E-state index contributed by atoms with van der Waals surface area (Å²) in [5.74, 6) is 1.45. The van der Waals surface area contributed by atoms with Gasteiger partial charge in [-0.05, 0) is 18.6 Å². The Morgan fingerprint density at radius 1 is 1.64 bits per heavy atom. The molecule has 0 fully saturated rings. The number of thioether (sulfide) groups is 1. The summed E-state index contributed by atoms with van der Waals surface area (Å²) in [4.78, 5) is 0. The van der Waals surface area contributed by atoms with Crippen LogP contribution in [-0.2, 0) is 0 Å². The zero-order chi connectivity index (χ0) is 8.69. The number of amidine groups is 1. The van der Waals surface area contributed by atoms with Crippen LogP contribution in [0.4, 0.5) is 0 Å². The predicted molar refractivity (Wildman–Crippen MR) is 53.4 cm³/mol. The standard InChI is InChI=1S/C8H18N2S/c1-3-7(2)11-6-4-5-8(9)10/h7H,3-6H2,1-2H3,(H3,9,10). The molecule has 0 aliphatic heterocycles. The molecule has 0 saturated heterocycles. The Bertz CT molecular complexity index is 115. The lowest BCUT2D eigenvalue weighted by Gasteiger charge is -2.06. The molecule has 0 radical (unpaired) electrons. The van der Waals surface area contributed by atoms with Crippen LogP contribution in [-0.4, -0.2) is 16.8 Å². The van der Waals surface area contributed by atoms with Crippen LogP contribution < -0.4 is 5.73 Å². The van der Waals surface area contributed by atoms with Gasteiger partial charge in [-0.25, -0.2) is 0 Å². The average molecular weight is 174 g/mol. The molecular formula is C8H18N2S. The summed E-state index contributed by atoms with van der Waals surface area (Å²) in [5.41, 5.74) is 5.22. The van der Waals surface area contributed by atoms with Crippen molar-refractivity contribution in [2.24, 2.45) is 5.73 Å². The van der Waals surface area contributed by atoms with E-state index in [4.69, 9.17) is 11.1 Å². The summed E-state index contributed by atoms with van der Waals surface area (Å²) < 4.78 is 0. The lowest BCUT2D eigenvalue weighted by Crippen LogP contribution is -2.09. The monoisotopic (exact) mass is 174 g/mol. The fourth-order valence-corrected chi connectivity index (χ4v) is 1.61. The molecule has 0 aromatic carbocycles. The van der Waals surface area contributed by atoms with Crippen LogP contribution in [0.2, 0.25) is 0 Å². The van der Waals surface area contributed by atoms with Crippen molar-refractivity contribution >= 4 is 17.6 Å². The van der Waals surface area contributed by atoms with E-state index in [9.17, 15) is 0 Å². The third-order valence-corrected chi connectivity index (χ3v) is 2.99. The van der Waals surface area contributed by atoms with E-state index < -0.39 is 0 Å². The van der Waals surface area contributed by atoms with Gasteiger partial charge in [0.15, 0.2) is 0 Å². The number of hydrogen-bond donors (Lipinski definition) is 2. The number of hydrogen-bond acceptors (Lipinski definition) is 2. The van der Waals surface area contributed by atoms with E-state index in [0.29, 0.717) is 5.84 Å². The van der Waals surface area contributed by atoms with Crippen LogP contribution in [0.25, 0.3) is 0 Å². The van der Waals surface area contributed by atoms with Crippen LogP contribution in [0.5, 0.6) is 0 Å².